The fraction of sp³-hybridized carbons (Fsp3) is 0.130. The van der Waals surface area contributed by atoms with E-state index in [0.717, 1.165) is 0 Å². The lowest BCUT2D eigenvalue weighted by molar-refractivity contribution is 0.102. The number of aryl methyl sites for hydroxylation is 2. The van der Waals surface area contributed by atoms with E-state index in [1.807, 2.05) is 0 Å². The first-order chi connectivity index (χ1) is 17.1. The summed E-state index contributed by atoms with van der Waals surface area (Å²) in [6.07, 6.45) is 1.58. The van der Waals surface area contributed by atoms with Gasteiger partial charge in [-0.2, -0.15) is 5.10 Å². The standard InChI is InChI=1S/C23H20Cl2N6O4S/c1-14-11-15(2)27-23(26-14)30-36(33,34)18-6-4-17(5-7-18)28-22(32)20-9-10-31(29-20)13-35-21-8-3-16(24)12-19(21)25/h3-12H,13H2,1-2H3,(H,28,32)(H,26,27,30). The molecule has 2 N–H and O–H groups in total. The predicted molar refractivity (Wildman–Crippen MR) is 136 cm³/mol. The Morgan fingerprint density at radius 2 is 1.69 bits per heavy atom. The van der Waals surface area contributed by atoms with Crippen LogP contribution in [0.5, 0.6) is 5.75 Å². The first-order valence-electron chi connectivity index (χ1n) is 10.5. The molecule has 0 fully saturated rings. The van der Waals surface area contributed by atoms with Crippen LogP contribution in [0.4, 0.5) is 11.6 Å². The van der Waals surface area contributed by atoms with Crippen molar-refractivity contribution in [2.45, 2.75) is 25.5 Å². The van der Waals surface area contributed by atoms with Crippen LogP contribution in [0.1, 0.15) is 21.9 Å². The molecule has 2 aromatic carbocycles. The van der Waals surface area contributed by atoms with Gasteiger partial charge in [-0.1, -0.05) is 23.2 Å². The van der Waals surface area contributed by atoms with Gasteiger partial charge in [0.1, 0.15) is 5.75 Å². The lowest BCUT2D eigenvalue weighted by Gasteiger charge is -2.09. The van der Waals surface area contributed by atoms with Gasteiger partial charge in [-0.25, -0.2) is 27.8 Å². The molecule has 36 heavy (non-hydrogen) atoms. The molecule has 10 nitrogen and oxygen atoms in total. The van der Waals surface area contributed by atoms with Gasteiger partial charge in [0.05, 0.1) is 9.92 Å². The number of rotatable bonds is 8. The molecule has 0 unspecified atom stereocenters. The minimum Gasteiger partial charge on any atom is -0.470 e. The van der Waals surface area contributed by atoms with Crippen LogP contribution in [-0.4, -0.2) is 34.1 Å². The molecule has 0 aliphatic rings. The van der Waals surface area contributed by atoms with Crippen LogP contribution < -0.4 is 14.8 Å². The smallest absolute Gasteiger partial charge is 0.276 e. The van der Waals surface area contributed by atoms with Crippen molar-refractivity contribution in [3.8, 4) is 5.75 Å². The van der Waals surface area contributed by atoms with E-state index in [0.29, 0.717) is 32.9 Å². The van der Waals surface area contributed by atoms with Gasteiger partial charge in [-0.05, 0) is 68.4 Å². The minimum absolute atomic E-state index is 0.00875. The number of hydrogen-bond acceptors (Lipinski definition) is 7. The fourth-order valence-electron chi connectivity index (χ4n) is 3.15. The molecule has 13 heteroatoms. The highest BCUT2D eigenvalue weighted by Gasteiger charge is 2.17. The van der Waals surface area contributed by atoms with E-state index in [1.54, 1.807) is 44.3 Å². The van der Waals surface area contributed by atoms with E-state index in [4.69, 9.17) is 27.9 Å². The van der Waals surface area contributed by atoms with Crippen LogP contribution in [0.2, 0.25) is 10.0 Å². The van der Waals surface area contributed by atoms with E-state index in [9.17, 15) is 13.2 Å². The number of nitrogens with one attached hydrogen (secondary N) is 2. The highest BCUT2D eigenvalue weighted by atomic mass is 35.5. The number of anilines is 2. The molecule has 0 aliphatic heterocycles. The highest BCUT2D eigenvalue weighted by Crippen LogP contribution is 2.27. The molecular weight excluding hydrogens is 527 g/mol. The number of nitrogens with zero attached hydrogens (tertiary/aromatic N) is 4. The molecule has 0 radical (unpaired) electrons. The Morgan fingerprint density at radius 3 is 2.36 bits per heavy atom. The molecule has 0 bridgehead atoms. The third-order valence-corrected chi connectivity index (χ3v) is 6.62. The van der Waals surface area contributed by atoms with Gasteiger partial charge in [-0.15, -0.1) is 0 Å². The van der Waals surface area contributed by atoms with E-state index in [1.165, 1.54) is 35.0 Å². The predicted octanol–water partition coefficient (Wildman–Crippen LogP) is 4.69. The molecule has 0 saturated heterocycles. The van der Waals surface area contributed by atoms with Gasteiger partial charge < -0.3 is 10.1 Å². The zero-order valence-electron chi connectivity index (χ0n) is 19.1. The van der Waals surface area contributed by atoms with Crippen molar-refractivity contribution in [1.82, 2.24) is 19.7 Å². The monoisotopic (exact) mass is 546 g/mol. The summed E-state index contributed by atoms with van der Waals surface area (Å²) >= 11 is 12.0. The summed E-state index contributed by atoms with van der Waals surface area (Å²) in [5.41, 5.74) is 1.81. The zero-order valence-corrected chi connectivity index (χ0v) is 21.4. The number of carbonyl (C=O) groups is 1. The Hall–Kier alpha value is -3.67. The lowest BCUT2D eigenvalue weighted by Crippen LogP contribution is -2.16. The third kappa shape index (κ3) is 6.30. The van der Waals surface area contributed by atoms with Crippen molar-refractivity contribution < 1.29 is 17.9 Å². The van der Waals surface area contributed by atoms with E-state index < -0.39 is 15.9 Å². The van der Waals surface area contributed by atoms with Crippen LogP contribution in [0.3, 0.4) is 0 Å². The van der Waals surface area contributed by atoms with Crippen LogP contribution in [0.15, 0.2) is 65.7 Å². The fourth-order valence-corrected chi connectivity index (χ4v) is 4.55. The molecule has 4 aromatic rings. The maximum atomic E-state index is 12.7. The van der Waals surface area contributed by atoms with Crippen molar-refractivity contribution in [2.75, 3.05) is 10.0 Å². The summed E-state index contributed by atoms with van der Waals surface area (Å²) in [6.45, 7) is 3.52. The third-order valence-electron chi connectivity index (χ3n) is 4.75. The summed E-state index contributed by atoms with van der Waals surface area (Å²) in [4.78, 5) is 20.7. The molecule has 1 amide bonds. The Kier molecular flexibility index (Phi) is 7.43. The van der Waals surface area contributed by atoms with Crippen LogP contribution in [0.25, 0.3) is 0 Å². The number of benzene rings is 2. The Balaban J connectivity index is 1.37. The molecule has 0 aliphatic carbocycles. The van der Waals surface area contributed by atoms with Gasteiger partial charge in [0.25, 0.3) is 15.9 Å². The number of aromatic nitrogens is 4. The van der Waals surface area contributed by atoms with Crippen molar-refractivity contribution in [3.05, 3.63) is 87.9 Å². The quantitative estimate of drug-likeness (QED) is 0.328. The van der Waals surface area contributed by atoms with E-state index in [2.05, 4.69) is 25.1 Å². The van der Waals surface area contributed by atoms with Crippen LogP contribution in [-0.2, 0) is 16.8 Å². The second-order valence-corrected chi connectivity index (χ2v) is 10.2. The van der Waals surface area contributed by atoms with Crippen LogP contribution in [0, 0.1) is 13.8 Å². The average Bonchev–Trinajstić information content (AvgIpc) is 3.27. The number of hydrogen-bond donors (Lipinski definition) is 2. The molecule has 4 rings (SSSR count). The number of sulfonamides is 1. The van der Waals surface area contributed by atoms with Crippen molar-refractivity contribution in [3.63, 3.8) is 0 Å². The summed E-state index contributed by atoms with van der Waals surface area (Å²) in [7, 11) is -3.91. The molecule has 2 aromatic heterocycles. The van der Waals surface area contributed by atoms with Crippen molar-refractivity contribution >= 4 is 50.8 Å². The first-order valence-corrected chi connectivity index (χ1v) is 12.7. The van der Waals surface area contributed by atoms with E-state index in [-0.39, 0.29) is 23.3 Å². The van der Waals surface area contributed by atoms with Crippen LogP contribution >= 0.6 is 23.2 Å². The number of amides is 1. The lowest BCUT2D eigenvalue weighted by atomic mass is 10.3. The SMILES string of the molecule is Cc1cc(C)nc(NS(=O)(=O)c2ccc(NC(=O)c3ccn(COc4ccc(Cl)cc4Cl)n3)cc2)n1. The van der Waals surface area contributed by atoms with Gasteiger partial charge >= 0.3 is 0 Å². The van der Waals surface area contributed by atoms with Crippen molar-refractivity contribution in [2.24, 2.45) is 0 Å². The summed E-state index contributed by atoms with van der Waals surface area (Å²) < 4.78 is 34.7. The molecule has 2 heterocycles. The summed E-state index contributed by atoms with van der Waals surface area (Å²) in [6, 6.07) is 13.8. The van der Waals surface area contributed by atoms with Gasteiger partial charge in [-0.3, -0.25) is 4.79 Å². The molecule has 186 valence electrons. The Bertz CT molecular complexity index is 1500. The van der Waals surface area contributed by atoms with Gasteiger partial charge in [0, 0.05) is 28.3 Å². The topological polar surface area (TPSA) is 128 Å². The van der Waals surface area contributed by atoms with Gasteiger partial charge in [0.2, 0.25) is 5.95 Å². The average molecular weight is 547 g/mol. The maximum Gasteiger partial charge on any atom is 0.276 e. The highest BCUT2D eigenvalue weighted by molar-refractivity contribution is 7.92. The number of halogens is 2. The van der Waals surface area contributed by atoms with E-state index >= 15 is 0 Å². The van der Waals surface area contributed by atoms with Crippen molar-refractivity contribution in [1.29, 1.82) is 0 Å². The van der Waals surface area contributed by atoms with Gasteiger partial charge in [0.15, 0.2) is 12.4 Å². The molecule has 0 spiro atoms. The minimum atomic E-state index is -3.91. The Morgan fingerprint density at radius 1 is 1.00 bits per heavy atom. The first kappa shape index (κ1) is 25.4. The summed E-state index contributed by atoms with van der Waals surface area (Å²) in [5, 5.41) is 7.69. The molecular formula is C23H20Cl2N6O4S. The number of ether oxygens (including phenoxy) is 1. The second-order valence-electron chi connectivity index (χ2n) is 7.65. The second kappa shape index (κ2) is 10.5. The summed E-state index contributed by atoms with van der Waals surface area (Å²) in [5.74, 6) is -0.0605. The molecule has 0 atom stereocenters. The zero-order chi connectivity index (χ0) is 25.9. The normalized spacial score (nSPS) is 11.2. The number of carbonyl (C=O) groups excluding carboxylic acids is 1. The Labute approximate surface area is 217 Å². The molecule has 0 saturated carbocycles. The maximum absolute atomic E-state index is 12.7. The largest absolute Gasteiger partial charge is 0.470 e.